The molecule has 2 rings (SSSR count). The molecular formula is C16H21N3. The van der Waals surface area contributed by atoms with Crippen molar-refractivity contribution in [1.29, 1.82) is 0 Å². The number of hydrogen-bond acceptors (Lipinski definition) is 3. The van der Waals surface area contributed by atoms with E-state index in [-0.39, 0.29) is 6.04 Å². The van der Waals surface area contributed by atoms with Crippen molar-refractivity contribution in [2.75, 3.05) is 0 Å². The summed E-state index contributed by atoms with van der Waals surface area (Å²) in [5.74, 6) is 5.72. The summed E-state index contributed by atoms with van der Waals surface area (Å²) in [6, 6.07) is 10.6. The maximum Gasteiger partial charge on any atom is 0.0884 e. The van der Waals surface area contributed by atoms with Gasteiger partial charge in [0.15, 0.2) is 0 Å². The molecule has 19 heavy (non-hydrogen) atoms. The van der Waals surface area contributed by atoms with E-state index in [0.29, 0.717) is 0 Å². The lowest BCUT2D eigenvalue weighted by atomic mass is 9.98. The van der Waals surface area contributed by atoms with Crippen molar-refractivity contribution in [2.45, 2.75) is 33.2 Å². The molecule has 3 N–H and O–H groups in total. The zero-order valence-corrected chi connectivity index (χ0v) is 11.8. The van der Waals surface area contributed by atoms with Crippen LogP contribution in [0.5, 0.6) is 0 Å². The number of benzene rings is 1. The minimum absolute atomic E-state index is 0.0634. The number of nitrogens with two attached hydrogens (primary N) is 1. The molecule has 0 spiro atoms. The lowest BCUT2D eigenvalue weighted by Crippen LogP contribution is -2.30. The van der Waals surface area contributed by atoms with Gasteiger partial charge in [-0.3, -0.25) is 10.8 Å². The van der Waals surface area contributed by atoms with Crippen LogP contribution in [-0.2, 0) is 6.42 Å². The van der Waals surface area contributed by atoms with Gasteiger partial charge in [-0.2, -0.15) is 0 Å². The van der Waals surface area contributed by atoms with Gasteiger partial charge in [-0.25, -0.2) is 5.43 Å². The van der Waals surface area contributed by atoms with E-state index in [9.17, 15) is 0 Å². The SMILES string of the molecule is CCc1ccc(C(NN)c2ncc(C)cc2C)cc1. The molecule has 0 saturated carbocycles. The van der Waals surface area contributed by atoms with E-state index < -0.39 is 0 Å². The van der Waals surface area contributed by atoms with Crippen molar-refractivity contribution < 1.29 is 0 Å². The fraction of sp³-hybridized carbons (Fsp3) is 0.312. The summed E-state index contributed by atoms with van der Waals surface area (Å²) in [4.78, 5) is 4.53. The molecule has 1 atom stereocenters. The van der Waals surface area contributed by atoms with Gasteiger partial charge in [0.1, 0.15) is 0 Å². The second kappa shape index (κ2) is 5.95. The normalized spacial score (nSPS) is 12.4. The molecule has 3 nitrogen and oxygen atoms in total. The summed E-state index contributed by atoms with van der Waals surface area (Å²) < 4.78 is 0. The summed E-state index contributed by atoms with van der Waals surface area (Å²) in [6.45, 7) is 6.27. The fourth-order valence-electron chi connectivity index (χ4n) is 2.31. The highest BCUT2D eigenvalue weighted by Gasteiger charge is 2.16. The molecule has 1 heterocycles. The maximum atomic E-state index is 5.72. The third-order valence-corrected chi connectivity index (χ3v) is 3.42. The van der Waals surface area contributed by atoms with Crippen LogP contribution >= 0.6 is 0 Å². The van der Waals surface area contributed by atoms with Crippen molar-refractivity contribution in [2.24, 2.45) is 5.84 Å². The third kappa shape index (κ3) is 3.00. The Morgan fingerprint density at radius 2 is 1.89 bits per heavy atom. The van der Waals surface area contributed by atoms with Crippen molar-refractivity contribution in [3.63, 3.8) is 0 Å². The zero-order valence-electron chi connectivity index (χ0n) is 11.8. The Morgan fingerprint density at radius 3 is 2.42 bits per heavy atom. The van der Waals surface area contributed by atoms with Crippen LogP contribution in [0.25, 0.3) is 0 Å². The first kappa shape index (κ1) is 13.7. The molecule has 0 radical (unpaired) electrons. The minimum atomic E-state index is -0.0634. The van der Waals surface area contributed by atoms with Crippen LogP contribution in [0.2, 0.25) is 0 Å². The summed E-state index contributed by atoms with van der Waals surface area (Å²) in [6.07, 6.45) is 2.93. The van der Waals surface area contributed by atoms with Crippen molar-refractivity contribution in [3.05, 3.63) is 64.5 Å². The van der Waals surface area contributed by atoms with Crippen molar-refractivity contribution in [3.8, 4) is 0 Å². The molecule has 0 fully saturated rings. The molecule has 3 heteroatoms. The topological polar surface area (TPSA) is 50.9 Å². The Morgan fingerprint density at radius 1 is 1.21 bits per heavy atom. The fourth-order valence-corrected chi connectivity index (χ4v) is 2.31. The van der Waals surface area contributed by atoms with Crippen LogP contribution in [0.3, 0.4) is 0 Å². The summed E-state index contributed by atoms with van der Waals surface area (Å²) in [5.41, 5.74) is 8.64. The van der Waals surface area contributed by atoms with E-state index in [2.05, 4.69) is 54.6 Å². The van der Waals surface area contributed by atoms with Crippen molar-refractivity contribution in [1.82, 2.24) is 10.4 Å². The van der Waals surface area contributed by atoms with E-state index in [1.165, 1.54) is 11.1 Å². The number of rotatable bonds is 4. The quantitative estimate of drug-likeness (QED) is 0.652. The van der Waals surface area contributed by atoms with Crippen LogP contribution in [0.15, 0.2) is 36.5 Å². The Balaban J connectivity index is 2.37. The Kier molecular flexibility index (Phi) is 4.30. The van der Waals surface area contributed by atoms with Crippen LogP contribution in [0.4, 0.5) is 0 Å². The van der Waals surface area contributed by atoms with Gasteiger partial charge in [0, 0.05) is 6.20 Å². The third-order valence-electron chi connectivity index (χ3n) is 3.42. The molecule has 2 aromatic rings. The number of nitrogens with zero attached hydrogens (tertiary/aromatic N) is 1. The van der Waals surface area contributed by atoms with Gasteiger partial charge in [-0.15, -0.1) is 0 Å². The Bertz CT molecular complexity index is 546. The number of hydrogen-bond donors (Lipinski definition) is 2. The highest BCUT2D eigenvalue weighted by molar-refractivity contribution is 5.35. The molecule has 1 aromatic heterocycles. The van der Waals surface area contributed by atoms with Gasteiger partial charge in [-0.05, 0) is 42.5 Å². The number of hydrazine groups is 1. The predicted molar refractivity (Wildman–Crippen MR) is 78.7 cm³/mol. The average Bonchev–Trinajstić information content (AvgIpc) is 2.42. The number of nitrogens with one attached hydrogen (secondary N) is 1. The second-order valence-electron chi connectivity index (χ2n) is 4.91. The molecule has 0 amide bonds. The monoisotopic (exact) mass is 255 g/mol. The smallest absolute Gasteiger partial charge is 0.0884 e. The number of aryl methyl sites for hydroxylation is 3. The Hall–Kier alpha value is -1.71. The molecule has 100 valence electrons. The van der Waals surface area contributed by atoms with Gasteiger partial charge in [0.25, 0.3) is 0 Å². The zero-order chi connectivity index (χ0) is 13.8. The molecule has 1 unspecified atom stereocenters. The second-order valence-corrected chi connectivity index (χ2v) is 4.91. The van der Waals surface area contributed by atoms with E-state index in [1.54, 1.807) is 0 Å². The molecule has 0 aliphatic heterocycles. The lowest BCUT2D eigenvalue weighted by molar-refractivity contribution is 0.616. The first-order valence-corrected chi connectivity index (χ1v) is 6.63. The molecule has 0 aliphatic carbocycles. The van der Waals surface area contributed by atoms with Gasteiger partial charge in [-0.1, -0.05) is 37.3 Å². The highest BCUT2D eigenvalue weighted by Crippen LogP contribution is 2.23. The predicted octanol–water partition coefficient (Wildman–Crippen LogP) is 2.81. The Labute approximate surface area is 114 Å². The van der Waals surface area contributed by atoms with Gasteiger partial charge >= 0.3 is 0 Å². The van der Waals surface area contributed by atoms with E-state index in [4.69, 9.17) is 5.84 Å². The van der Waals surface area contributed by atoms with E-state index in [0.717, 1.165) is 23.2 Å². The van der Waals surface area contributed by atoms with E-state index >= 15 is 0 Å². The number of pyridine rings is 1. The van der Waals surface area contributed by atoms with Crippen LogP contribution in [-0.4, -0.2) is 4.98 Å². The highest BCUT2D eigenvalue weighted by atomic mass is 15.2. The van der Waals surface area contributed by atoms with Gasteiger partial charge in [0.05, 0.1) is 11.7 Å². The summed E-state index contributed by atoms with van der Waals surface area (Å²) in [5, 5.41) is 0. The van der Waals surface area contributed by atoms with Gasteiger partial charge in [0.2, 0.25) is 0 Å². The first-order chi connectivity index (χ1) is 9.15. The average molecular weight is 255 g/mol. The largest absolute Gasteiger partial charge is 0.271 e. The number of aromatic nitrogens is 1. The van der Waals surface area contributed by atoms with E-state index in [1.807, 2.05) is 13.1 Å². The van der Waals surface area contributed by atoms with Crippen LogP contribution in [0, 0.1) is 13.8 Å². The summed E-state index contributed by atoms with van der Waals surface area (Å²) in [7, 11) is 0. The first-order valence-electron chi connectivity index (χ1n) is 6.63. The minimum Gasteiger partial charge on any atom is -0.271 e. The van der Waals surface area contributed by atoms with Crippen molar-refractivity contribution >= 4 is 0 Å². The van der Waals surface area contributed by atoms with Crippen LogP contribution < -0.4 is 11.3 Å². The maximum absolute atomic E-state index is 5.72. The molecule has 0 aliphatic rings. The standard InChI is InChI=1S/C16H21N3/c1-4-13-5-7-14(8-6-13)16(19-17)15-12(3)9-11(2)10-18-15/h5-10,16,19H,4,17H2,1-3H3. The summed E-state index contributed by atoms with van der Waals surface area (Å²) >= 11 is 0. The lowest BCUT2D eigenvalue weighted by Gasteiger charge is -2.18. The van der Waals surface area contributed by atoms with Gasteiger partial charge < -0.3 is 0 Å². The molecule has 0 bridgehead atoms. The molecule has 0 saturated heterocycles. The molecule has 1 aromatic carbocycles. The molecular weight excluding hydrogens is 234 g/mol. The van der Waals surface area contributed by atoms with Crippen LogP contribution in [0.1, 0.15) is 40.9 Å².